The lowest BCUT2D eigenvalue weighted by molar-refractivity contribution is -0.126. The molecular weight excluding hydrogens is 290 g/mol. The highest BCUT2D eigenvalue weighted by molar-refractivity contribution is 5.78. The van der Waals surface area contributed by atoms with Gasteiger partial charge in [0.25, 0.3) is 0 Å². The number of carbonyl (C=O) groups is 1. The van der Waals surface area contributed by atoms with E-state index in [1.165, 1.54) is 0 Å². The van der Waals surface area contributed by atoms with Gasteiger partial charge < -0.3 is 5.32 Å². The normalized spacial score (nSPS) is 36.5. The number of hydrazine groups is 1. The van der Waals surface area contributed by atoms with Gasteiger partial charge in [-0.25, -0.2) is 9.97 Å². The number of carbonyl (C=O) groups excluding carboxylic acids is 1. The monoisotopic (exact) mass is 315 g/mol. The second-order valence-electron chi connectivity index (χ2n) is 7.51. The maximum absolute atomic E-state index is 12.2. The summed E-state index contributed by atoms with van der Waals surface area (Å²) >= 11 is 0. The number of rotatable bonds is 2. The zero-order chi connectivity index (χ0) is 16.0. The number of hydrogen-bond donors (Lipinski definition) is 3. The van der Waals surface area contributed by atoms with E-state index in [-0.39, 0.29) is 17.9 Å². The Morgan fingerprint density at radius 2 is 2.13 bits per heavy atom. The van der Waals surface area contributed by atoms with Gasteiger partial charge in [-0.1, -0.05) is 13.8 Å². The SMILES string of the molecule is CC(C)c1nccc(C2CC(=O)NC3CC4NNCC4CC32)n1. The zero-order valence-electron chi connectivity index (χ0n) is 13.7. The third-order valence-corrected chi connectivity index (χ3v) is 5.68. The van der Waals surface area contributed by atoms with Gasteiger partial charge in [0.2, 0.25) is 5.91 Å². The Hall–Kier alpha value is -1.53. The lowest BCUT2D eigenvalue weighted by Gasteiger charge is -2.45. The molecule has 23 heavy (non-hydrogen) atoms. The highest BCUT2D eigenvalue weighted by Crippen LogP contribution is 2.43. The van der Waals surface area contributed by atoms with Crippen LogP contribution in [0.3, 0.4) is 0 Å². The van der Waals surface area contributed by atoms with Crippen LogP contribution in [-0.4, -0.2) is 34.5 Å². The average Bonchev–Trinajstić information content (AvgIpc) is 2.99. The first-order valence-electron chi connectivity index (χ1n) is 8.72. The summed E-state index contributed by atoms with van der Waals surface area (Å²) in [6, 6.07) is 2.74. The molecule has 4 rings (SSSR count). The third kappa shape index (κ3) is 2.74. The summed E-state index contributed by atoms with van der Waals surface area (Å²) in [5.74, 6) is 2.69. The van der Waals surface area contributed by atoms with Crippen LogP contribution < -0.4 is 16.2 Å². The Kier molecular flexibility index (Phi) is 3.81. The fourth-order valence-corrected chi connectivity index (χ4v) is 4.47. The van der Waals surface area contributed by atoms with E-state index >= 15 is 0 Å². The van der Waals surface area contributed by atoms with E-state index in [0.717, 1.165) is 30.9 Å². The molecule has 0 spiro atoms. The van der Waals surface area contributed by atoms with Gasteiger partial charge in [-0.05, 0) is 30.7 Å². The van der Waals surface area contributed by atoms with Crippen molar-refractivity contribution >= 4 is 5.91 Å². The Labute approximate surface area is 136 Å². The molecule has 1 aliphatic carbocycles. The van der Waals surface area contributed by atoms with Crippen LogP contribution in [0.5, 0.6) is 0 Å². The Bertz CT molecular complexity index is 604. The van der Waals surface area contributed by atoms with Crippen LogP contribution in [0.25, 0.3) is 0 Å². The lowest BCUT2D eigenvalue weighted by Crippen LogP contribution is -2.55. The topological polar surface area (TPSA) is 78.9 Å². The number of nitrogens with zero attached hydrogens (tertiary/aromatic N) is 2. The molecule has 0 aromatic carbocycles. The number of nitrogens with one attached hydrogen (secondary N) is 3. The fourth-order valence-electron chi connectivity index (χ4n) is 4.47. The minimum Gasteiger partial charge on any atom is -0.353 e. The Morgan fingerprint density at radius 1 is 1.26 bits per heavy atom. The van der Waals surface area contributed by atoms with E-state index in [9.17, 15) is 4.79 Å². The Morgan fingerprint density at radius 3 is 2.96 bits per heavy atom. The summed E-state index contributed by atoms with van der Waals surface area (Å²) in [5, 5.41) is 3.22. The molecule has 0 bridgehead atoms. The van der Waals surface area contributed by atoms with Crippen LogP contribution in [0.4, 0.5) is 0 Å². The minimum absolute atomic E-state index is 0.158. The molecule has 2 saturated heterocycles. The molecule has 0 radical (unpaired) electrons. The highest BCUT2D eigenvalue weighted by Gasteiger charge is 2.46. The molecule has 6 heteroatoms. The summed E-state index contributed by atoms with van der Waals surface area (Å²) in [7, 11) is 0. The average molecular weight is 315 g/mol. The number of piperidine rings is 1. The maximum atomic E-state index is 12.2. The summed E-state index contributed by atoms with van der Waals surface area (Å²) in [6.07, 6.45) is 4.55. The van der Waals surface area contributed by atoms with E-state index in [1.807, 2.05) is 12.3 Å². The van der Waals surface area contributed by atoms with Gasteiger partial charge >= 0.3 is 0 Å². The van der Waals surface area contributed by atoms with E-state index in [4.69, 9.17) is 4.98 Å². The van der Waals surface area contributed by atoms with Gasteiger partial charge in [0, 0.05) is 48.8 Å². The van der Waals surface area contributed by atoms with Crippen LogP contribution in [0, 0.1) is 11.8 Å². The van der Waals surface area contributed by atoms with Gasteiger partial charge in [0.1, 0.15) is 5.82 Å². The molecule has 3 heterocycles. The van der Waals surface area contributed by atoms with Crippen LogP contribution in [0.1, 0.15) is 56.5 Å². The molecule has 1 aromatic heterocycles. The maximum Gasteiger partial charge on any atom is 0.220 e. The molecule has 3 fully saturated rings. The zero-order valence-corrected chi connectivity index (χ0v) is 13.7. The molecule has 1 amide bonds. The Balaban J connectivity index is 1.63. The van der Waals surface area contributed by atoms with E-state index in [2.05, 4.69) is 35.0 Å². The number of aromatic nitrogens is 2. The van der Waals surface area contributed by atoms with Crippen molar-refractivity contribution in [3.63, 3.8) is 0 Å². The van der Waals surface area contributed by atoms with Crippen LogP contribution in [0.2, 0.25) is 0 Å². The van der Waals surface area contributed by atoms with Crippen molar-refractivity contribution in [3.05, 3.63) is 23.8 Å². The number of amides is 1. The van der Waals surface area contributed by atoms with Gasteiger partial charge in [0.05, 0.1) is 0 Å². The molecule has 124 valence electrons. The summed E-state index contributed by atoms with van der Waals surface area (Å²) in [6.45, 7) is 5.24. The second-order valence-corrected chi connectivity index (χ2v) is 7.51. The summed E-state index contributed by atoms with van der Waals surface area (Å²) in [4.78, 5) is 21.4. The van der Waals surface area contributed by atoms with Crippen LogP contribution in [-0.2, 0) is 4.79 Å². The van der Waals surface area contributed by atoms with Crippen molar-refractivity contribution in [2.75, 3.05) is 6.54 Å². The van der Waals surface area contributed by atoms with E-state index in [0.29, 0.717) is 30.2 Å². The van der Waals surface area contributed by atoms with Crippen molar-refractivity contribution in [2.24, 2.45) is 11.8 Å². The minimum atomic E-state index is 0.158. The molecule has 5 unspecified atom stereocenters. The number of fused-ring (bicyclic) bond motifs is 2. The van der Waals surface area contributed by atoms with Gasteiger partial charge in [-0.3, -0.25) is 15.6 Å². The highest BCUT2D eigenvalue weighted by atomic mass is 16.1. The van der Waals surface area contributed by atoms with Crippen molar-refractivity contribution in [3.8, 4) is 0 Å². The van der Waals surface area contributed by atoms with Crippen molar-refractivity contribution in [2.45, 2.75) is 57.0 Å². The molecule has 1 aromatic rings. The standard InChI is InChI=1S/C17H25N5O/c1-9(2)17-18-4-3-13(21-17)12-6-16(23)20-15-7-14-10(5-11(12)15)8-19-22-14/h3-4,9-12,14-15,19,22H,5-8H2,1-2H3,(H,20,23). The lowest BCUT2D eigenvalue weighted by atomic mass is 9.67. The van der Waals surface area contributed by atoms with Gasteiger partial charge in [0.15, 0.2) is 0 Å². The predicted octanol–water partition coefficient (Wildman–Crippen LogP) is 1.07. The largest absolute Gasteiger partial charge is 0.353 e. The molecule has 1 saturated carbocycles. The first-order chi connectivity index (χ1) is 11.1. The van der Waals surface area contributed by atoms with Crippen LogP contribution in [0.15, 0.2) is 12.3 Å². The van der Waals surface area contributed by atoms with Crippen molar-refractivity contribution < 1.29 is 4.79 Å². The number of hydrogen-bond acceptors (Lipinski definition) is 5. The van der Waals surface area contributed by atoms with Gasteiger partial charge in [-0.2, -0.15) is 0 Å². The quantitative estimate of drug-likeness (QED) is 0.761. The van der Waals surface area contributed by atoms with Gasteiger partial charge in [-0.15, -0.1) is 0 Å². The molecule has 3 N–H and O–H groups in total. The van der Waals surface area contributed by atoms with Crippen molar-refractivity contribution in [1.82, 2.24) is 26.1 Å². The van der Waals surface area contributed by atoms with E-state index < -0.39 is 0 Å². The molecule has 2 aliphatic heterocycles. The summed E-state index contributed by atoms with van der Waals surface area (Å²) in [5.41, 5.74) is 7.68. The second kappa shape index (κ2) is 5.83. The smallest absolute Gasteiger partial charge is 0.220 e. The first kappa shape index (κ1) is 15.0. The first-order valence-corrected chi connectivity index (χ1v) is 8.72. The fraction of sp³-hybridized carbons (Fsp3) is 0.706. The predicted molar refractivity (Wildman–Crippen MR) is 86.6 cm³/mol. The molecule has 3 aliphatic rings. The molecule has 6 nitrogen and oxygen atoms in total. The van der Waals surface area contributed by atoms with Crippen LogP contribution >= 0.6 is 0 Å². The molecule has 5 atom stereocenters. The van der Waals surface area contributed by atoms with E-state index in [1.54, 1.807) is 0 Å². The summed E-state index contributed by atoms with van der Waals surface area (Å²) < 4.78 is 0. The molecular formula is C17H25N5O. The third-order valence-electron chi connectivity index (χ3n) is 5.68. The van der Waals surface area contributed by atoms with Crippen molar-refractivity contribution in [1.29, 1.82) is 0 Å².